The van der Waals surface area contributed by atoms with Gasteiger partial charge in [0, 0.05) is 12.8 Å². The van der Waals surface area contributed by atoms with Crippen molar-refractivity contribution >= 4 is 45.0 Å². The van der Waals surface area contributed by atoms with E-state index in [1.165, 1.54) is 25.3 Å². The van der Waals surface area contributed by atoms with E-state index in [0.29, 0.717) is 0 Å². The molecular weight excluding hydrogens is 493 g/mol. The average molecular weight is 516 g/mol. The fourth-order valence-electron chi connectivity index (χ4n) is 3.12. The second-order valence-corrected chi connectivity index (χ2v) is 10.2. The summed E-state index contributed by atoms with van der Waals surface area (Å²) in [5.41, 5.74) is -0.937. The molecule has 3 rings (SSSR count). The maximum atomic E-state index is 13.6. The normalized spacial score (nSPS) is 15.8. The van der Waals surface area contributed by atoms with Crippen molar-refractivity contribution in [1.82, 2.24) is 5.32 Å². The lowest BCUT2D eigenvalue weighted by molar-refractivity contribution is -0.139. The Balaban J connectivity index is 1.99. The minimum atomic E-state index is -4.27. The lowest BCUT2D eigenvalue weighted by Gasteiger charge is -2.36. The molecule has 2 amide bonds. The van der Waals surface area contributed by atoms with Crippen LogP contribution in [0.25, 0.3) is 0 Å². The highest BCUT2D eigenvalue weighted by Crippen LogP contribution is 2.39. The molecule has 1 atom stereocenters. The SMILES string of the molecule is COC(C)(C)C(=O)NCC1CN(S(=O)(=O)c2ccc(F)c(Cl)c2)c2cc(NC(=O)O)ccc2O1. The average Bonchev–Trinajstić information content (AvgIpc) is 2.78. The molecule has 0 saturated carbocycles. The molecule has 0 saturated heterocycles. The lowest BCUT2D eigenvalue weighted by atomic mass is 10.1. The molecule has 0 fully saturated rings. The van der Waals surface area contributed by atoms with Gasteiger partial charge in [0.25, 0.3) is 15.9 Å². The van der Waals surface area contributed by atoms with Crippen LogP contribution in [0.1, 0.15) is 13.8 Å². The van der Waals surface area contributed by atoms with Gasteiger partial charge in [-0.25, -0.2) is 17.6 Å². The summed E-state index contributed by atoms with van der Waals surface area (Å²) in [5.74, 6) is -1.06. The van der Waals surface area contributed by atoms with Gasteiger partial charge in [-0.15, -0.1) is 0 Å². The summed E-state index contributed by atoms with van der Waals surface area (Å²) in [4.78, 5) is 23.1. The van der Waals surface area contributed by atoms with Crippen molar-refractivity contribution in [2.75, 3.05) is 29.8 Å². The number of carbonyl (C=O) groups is 2. The number of hydrogen-bond donors (Lipinski definition) is 3. The number of halogens is 2. The zero-order valence-corrected chi connectivity index (χ0v) is 20.0. The third-order valence-corrected chi connectivity index (χ3v) is 7.23. The highest BCUT2D eigenvalue weighted by atomic mass is 35.5. The number of hydrogen-bond acceptors (Lipinski definition) is 6. The molecule has 0 radical (unpaired) electrons. The van der Waals surface area contributed by atoms with Crippen LogP contribution in [0.3, 0.4) is 0 Å². The number of ether oxygens (including phenoxy) is 2. The van der Waals surface area contributed by atoms with E-state index in [-0.39, 0.29) is 40.1 Å². The number of methoxy groups -OCH3 is 1. The Hall–Kier alpha value is -3.09. The number of carbonyl (C=O) groups excluding carboxylic acids is 1. The van der Waals surface area contributed by atoms with E-state index < -0.39 is 39.5 Å². The number of fused-ring (bicyclic) bond motifs is 1. The number of carboxylic acid groups (broad SMARTS) is 1. The van der Waals surface area contributed by atoms with Crippen LogP contribution in [-0.2, 0) is 19.6 Å². The molecule has 0 bridgehead atoms. The summed E-state index contributed by atoms with van der Waals surface area (Å²) in [6, 6.07) is 7.11. The first-order valence-electron chi connectivity index (χ1n) is 9.97. The van der Waals surface area contributed by atoms with Crippen molar-refractivity contribution < 1.29 is 37.0 Å². The summed E-state index contributed by atoms with van der Waals surface area (Å²) in [6.07, 6.45) is -2.13. The predicted octanol–water partition coefficient (Wildman–Crippen LogP) is 3.07. The van der Waals surface area contributed by atoms with Crippen molar-refractivity contribution in [2.45, 2.75) is 30.4 Å². The van der Waals surface area contributed by atoms with Gasteiger partial charge >= 0.3 is 6.09 Å². The second-order valence-electron chi connectivity index (χ2n) is 7.89. The van der Waals surface area contributed by atoms with Gasteiger partial charge in [0.1, 0.15) is 23.3 Å². The lowest BCUT2D eigenvalue weighted by Crippen LogP contribution is -2.51. The summed E-state index contributed by atoms with van der Waals surface area (Å²) >= 11 is 5.79. The molecule has 10 nitrogen and oxygen atoms in total. The monoisotopic (exact) mass is 515 g/mol. The van der Waals surface area contributed by atoms with Crippen LogP contribution >= 0.6 is 11.6 Å². The first kappa shape index (κ1) is 25.5. The Kier molecular flexibility index (Phi) is 7.24. The number of nitrogens with one attached hydrogen (secondary N) is 2. The summed E-state index contributed by atoms with van der Waals surface area (Å²) in [5, 5.41) is 13.5. The molecular formula is C21H23ClFN3O7S. The van der Waals surface area contributed by atoms with E-state index in [4.69, 9.17) is 26.2 Å². The number of benzene rings is 2. The second kappa shape index (κ2) is 9.65. The van der Waals surface area contributed by atoms with E-state index in [9.17, 15) is 22.4 Å². The Morgan fingerprint density at radius 2 is 2.00 bits per heavy atom. The maximum Gasteiger partial charge on any atom is 0.409 e. The van der Waals surface area contributed by atoms with Crippen LogP contribution in [0.15, 0.2) is 41.3 Å². The largest absolute Gasteiger partial charge is 0.484 e. The van der Waals surface area contributed by atoms with E-state index in [0.717, 1.165) is 22.5 Å². The van der Waals surface area contributed by atoms with E-state index in [2.05, 4.69) is 10.6 Å². The first-order chi connectivity index (χ1) is 15.8. The molecule has 2 aromatic carbocycles. The molecule has 1 aliphatic rings. The smallest absolute Gasteiger partial charge is 0.409 e. The van der Waals surface area contributed by atoms with Gasteiger partial charge in [-0.2, -0.15) is 0 Å². The minimum Gasteiger partial charge on any atom is -0.484 e. The van der Waals surface area contributed by atoms with Crippen molar-refractivity contribution in [3.63, 3.8) is 0 Å². The molecule has 0 aromatic heterocycles. The number of anilines is 2. The molecule has 0 spiro atoms. The Morgan fingerprint density at radius 3 is 2.62 bits per heavy atom. The molecule has 34 heavy (non-hydrogen) atoms. The van der Waals surface area contributed by atoms with Gasteiger partial charge in [-0.3, -0.25) is 14.4 Å². The van der Waals surface area contributed by atoms with E-state index in [1.807, 2.05) is 0 Å². The summed E-state index contributed by atoms with van der Waals surface area (Å²) < 4.78 is 52.6. The van der Waals surface area contributed by atoms with Gasteiger partial charge in [-0.1, -0.05) is 11.6 Å². The first-order valence-corrected chi connectivity index (χ1v) is 11.8. The fraction of sp³-hybridized carbons (Fsp3) is 0.333. The van der Waals surface area contributed by atoms with Gasteiger partial charge in [0.05, 0.1) is 28.7 Å². The molecule has 0 aliphatic carbocycles. The van der Waals surface area contributed by atoms with Crippen LogP contribution in [0.4, 0.5) is 20.6 Å². The van der Waals surface area contributed by atoms with Gasteiger partial charge in [-0.05, 0) is 50.2 Å². The Labute approximate surface area is 200 Å². The third kappa shape index (κ3) is 5.34. The van der Waals surface area contributed by atoms with Crippen LogP contribution < -0.4 is 19.7 Å². The topological polar surface area (TPSA) is 134 Å². The van der Waals surface area contributed by atoms with Crippen molar-refractivity contribution in [2.24, 2.45) is 0 Å². The van der Waals surface area contributed by atoms with E-state index in [1.54, 1.807) is 13.8 Å². The molecule has 1 aliphatic heterocycles. The standard InChI is InChI=1S/C21H23ClFN3O7S/c1-21(2,32-3)19(27)24-10-13-11-26(34(30,31)14-5-6-16(23)15(22)9-14)17-8-12(25-20(28)29)4-7-18(17)33-13/h4-9,13,25H,10-11H2,1-3H3,(H,24,27)(H,28,29). The molecule has 184 valence electrons. The number of rotatable bonds is 7. The van der Waals surface area contributed by atoms with E-state index >= 15 is 0 Å². The van der Waals surface area contributed by atoms with Crippen LogP contribution in [-0.4, -0.2) is 57.4 Å². The number of amides is 2. The van der Waals surface area contributed by atoms with Gasteiger partial charge in [0.15, 0.2) is 0 Å². The fourth-order valence-corrected chi connectivity index (χ4v) is 4.89. The van der Waals surface area contributed by atoms with Crippen LogP contribution in [0.2, 0.25) is 5.02 Å². The maximum absolute atomic E-state index is 13.6. The zero-order chi connectivity index (χ0) is 25.3. The van der Waals surface area contributed by atoms with Crippen molar-refractivity contribution in [3.05, 3.63) is 47.2 Å². The minimum absolute atomic E-state index is 0.0453. The van der Waals surface area contributed by atoms with Crippen molar-refractivity contribution in [3.8, 4) is 5.75 Å². The zero-order valence-electron chi connectivity index (χ0n) is 18.5. The van der Waals surface area contributed by atoms with Gasteiger partial charge < -0.3 is 19.9 Å². The molecule has 1 unspecified atom stereocenters. The van der Waals surface area contributed by atoms with Crippen LogP contribution in [0, 0.1) is 5.82 Å². The molecule has 1 heterocycles. The van der Waals surface area contributed by atoms with Crippen LogP contribution in [0.5, 0.6) is 5.75 Å². The Morgan fingerprint density at radius 1 is 1.29 bits per heavy atom. The quantitative estimate of drug-likeness (QED) is 0.516. The summed E-state index contributed by atoms with van der Waals surface area (Å²) in [6.45, 7) is 2.88. The third-order valence-electron chi connectivity index (χ3n) is 5.17. The molecule has 13 heteroatoms. The molecule has 3 N–H and O–H groups in total. The summed E-state index contributed by atoms with van der Waals surface area (Å²) in [7, 11) is -2.89. The Bertz CT molecular complexity index is 1220. The predicted molar refractivity (Wildman–Crippen MR) is 123 cm³/mol. The van der Waals surface area contributed by atoms with Gasteiger partial charge in [0.2, 0.25) is 0 Å². The van der Waals surface area contributed by atoms with Crippen molar-refractivity contribution in [1.29, 1.82) is 0 Å². The highest BCUT2D eigenvalue weighted by molar-refractivity contribution is 7.92. The number of nitrogens with zero attached hydrogens (tertiary/aromatic N) is 1. The molecule has 2 aromatic rings. The number of sulfonamides is 1. The highest BCUT2D eigenvalue weighted by Gasteiger charge is 2.36.